The van der Waals surface area contributed by atoms with Crippen molar-refractivity contribution in [1.82, 2.24) is 0 Å². The van der Waals surface area contributed by atoms with Crippen LogP contribution in [0.2, 0.25) is 0 Å². The van der Waals surface area contributed by atoms with Gasteiger partial charge < -0.3 is 0 Å². The fourth-order valence-electron chi connectivity index (χ4n) is 9.45. The second-order valence-electron chi connectivity index (χ2n) is 15.5. The van der Waals surface area contributed by atoms with Gasteiger partial charge in [0.1, 0.15) is 0 Å². The van der Waals surface area contributed by atoms with Crippen molar-refractivity contribution in [2.24, 2.45) is 23.7 Å². The molecule has 0 spiro atoms. The van der Waals surface area contributed by atoms with Crippen molar-refractivity contribution in [3.05, 3.63) is 123 Å². The first-order valence-corrected chi connectivity index (χ1v) is 18.3. The number of hydrogen-bond acceptors (Lipinski definition) is 0. The molecule has 0 heterocycles. The van der Waals surface area contributed by atoms with Gasteiger partial charge in [0.25, 0.3) is 0 Å². The summed E-state index contributed by atoms with van der Waals surface area (Å²) in [5, 5.41) is 0. The van der Waals surface area contributed by atoms with Crippen LogP contribution < -0.4 is 0 Å². The lowest BCUT2D eigenvalue weighted by Crippen LogP contribution is -2.33. The molecule has 0 amide bonds. The lowest BCUT2D eigenvalue weighted by Gasteiger charge is -2.44. The Labute approximate surface area is 279 Å². The predicted molar refractivity (Wildman–Crippen MR) is 200 cm³/mol. The van der Waals surface area contributed by atoms with Gasteiger partial charge in [0, 0.05) is 5.92 Å². The van der Waals surface area contributed by atoms with E-state index in [-0.39, 0.29) is 0 Å². The first-order chi connectivity index (χ1) is 22.2. The molecule has 46 heavy (non-hydrogen) atoms. The highest BCUT2D eigenvalue weighted by atomic mass is 14.4. The molecule has 0 heteroatoms. The fraction of sp³-hybridized carbons (Fsp3) is 0.435. The minimum absolute atomic E-state index is 0.569. The van der Waals surface area contributed by atoms with Gasteiger partial charge >= 0.3 is 0 Å². The molecule has 0 aromatic heterocycles. The first kappa shape index (κ1) is 31.2. The summed E-state index contributed by atoms with van der Waals surface area (Å²) in [7, 11) is 0. The molecule has 0 saturated heterocycles. The van der Waals surface area contributed by atoms with Crippen LogP contribution in [0.4, 0.5) is 0 Å². The van der Waals surface area contributed by atoms with E-state index in [4.69, 9.17) is 0 Å². The molecular weight excluding hydrogens is 553 g/mol. The van der Waals surface area contributed by atoms with Gasteiger partial charge in [0.2, 0.25) is 0 Å². The second-order valence-corrected chi connectivity index (χ2v) is 15.5. The standard InChI is InChI=1S/C46H54/c1-8-30(6)37-22-38(23-37)33-14-16-34(17-15-33)43-25-32(9-2)41-19-18-36(26-45(41)43)39-24-40-21-31(7)42(20-28(3)4)46(44(40)27-39)35-12-10-29(5)11-13-35/h10-13,18-19,21,24-26,32-34,37-38H,3,6,8-9,14-17,20,22-23,27H2,1-2,4-5,7H3. The predicted octanol–water partition coefficient (Wildman–Crippen LogP) is 12.9. The van der Waals surface area contributed by atoms with Crippen LogP contribution in [-0.4, -0.2) is 0 Å². The Morgan fingerprint density at radius 1 is 0.848 bits per heavy atom. The fourth-order valence-corrected chi connectivity index (χ4v) is 9.45. The number of aryl methyl sites for hydroxylation is 2. The molecule has 0 bridgehead atoms. The molecule has 3 aromatic carbocycles. The van der Waals surface area contributed by atoms with Crippen molar-refractivity contribution in [3.63, 3.8) is 0 Å². The van der Waals surface area contributed by atoms with Crippen molar-refractivity contribution < 1.29 is 0 Å². The third-order valence-electron chi connectivity index (χ3n) is 12.4. The summed E-state index contributed by atoms with van der Waals surface area (Å²) in [4.78, 5) is 0. The second kappa shape index (κ2) is 12.7. The summed E-state index contributed by atoms with van der Waals surface area (Å²) >= 11 is 0. The van der Waals surface area contributed by atoms with E-state index in [1.54, 1.807) is 16.7 Å². The zero-order chi connectivity index (χ0) is 32.1. The van der Waals surface area contributed by atoms with Crippen LogP contribution >= 0.6 is 0 Å². The topological polar surface area (TPSA) is 0 Å². The number of rotatable bonds is 9. The monoisotopic (exact) mass is 606 g/mol. The third-order valence-corrected chi connectivity index (χ3v) is 12.4. The zero-order valence-corrected chi connectivity index (χ0v) is 29.1. The van der Waals surface area contributed by atoms with E-state index in [2.05, 4.69) is 108 Å². The SMILES string of the molecule is C=C(C)Cc1c(C)cc2c(c1-c1ccc(C)cc1)CC(c1ccc3c(c1)C(C1CCC(C4CC(C(=C)CC)C4)CC1)=CC3CC)=C2. The van der Waals surface area contributed by atoms with Gasteiger partial charge in [-0.15, -0.1) is 0 Å². The van der Waals surface area contributed by atoms with Crippen LogP contribution in [0, 0.1) is 37.5 Å². The number of benzene rings is 3. The van der Waals surface area contributed by atoms with Crippen LogP contribution in [0.1, 0.15) is 123 Å². The van der Waals surface area contributed by atoms with E-state index >= 15 is 0 Å². The maximum absolute atomic E-state index is 4.35. The Balaban J connectivity index is 1.14. The molecule has 238 valence electrons. The summed E-state index contributed by atoms with van der Waals surface area (Å²) in [6, 6.07) is 19.1. The van der Waals surface area contributed by atoms with Gasteiger partial charge in [0.05, 0.1) is 0 Å². The molecule has 0 nitrogen and oxygen atoms in total. The number of fused-ring (bicyclic) bond motifs is 2. The van der Waals surface area contributed by atoms with E-state index in [0.29, 0.717) is 5.92 Å². The maximum Gasteiger partial charge on any atom is 0.00275 e. The molecule has 4 aliphatic carbocycles. The van der Waals surface area contributed by atoms with Gasteiger partial charge in [-0.2, -0.15) is 0 Å². The molecule has 2 saturated carbocycles. The highest BCUT2D eigenvalue weighted by Gasteiger charge is 2.39. The molecule has 7 rings (SSSR count). The van der Waals surface area contributed by atoms with Gasteiger partial charge in [-0.3, -0.25) is 0 Å². The summed E-state index contributed by atoms with van der Waals surface area (Å²) < 4.78 is 0. The lowest BCUT2D eigenvalue weighted by atomic mass is 9.61. The molecule has 1 unspecified atom stereocenters. The van der Waals surface area contributed by atoms with Gasteiger partial charge in [-0.1, -0.05) is 98.3 Å². The van der Waals surface area contributed by atoms with Crippen LogP contribution in [0.3, 0.4) is 0 Å². The zero-order valence-electron chi connectivity index (χ0n) is 29.1. The molecule has 0 N–H and O–H groups in total. The van der Waals surface area contributed by atoms with E-state index in [1.165, 1.54) is 106 Å². The summed E-state index contributed by atoms with van der Waals surface area (Å²) in [6.45, 7) is 19.9. The van der Waals surface area contributed by atoms with Gasteiger partial charge in [-0.25, -0.2) is 0 Å². The summed E-state index contributed by atoms with van der Waals surface area (Å²) in [5.74, 6) is 3.99. The highest BCUT2D eigenvalue weighted by molar-refractivity contribution is 5.94. The minimum atomic E-state index is 0.569. The molecule has 1 atom stereocenters. The van der Waals surface area contributed by atoms with Gasteiger partial charge in [-0.05, 0) is 176 Å². The Morgan fingerprint density at radius 2 is 1.57 bits per heavy atom. The number of allylic oxidation sites excluding steroid dienone is 5. The van der Waals surface area contributed by atoms with E-state index in [0.717, 1.165) is 42.9 Å². The Bertz CT molecular complexity index is 1720. The molecular formula is C46H54. The summed E-state index contributed by atoms with van der Waals surface area (Å²) in [6.07, 6.45) is 17.8. The molecule has 0 aliphatic heterocycles. The minimum Gasteiger partial charge on any atom is -0.0998 e. The van der Waals surface area contributed by atoms with E-state index in [9.17, 15) is 0 Å². The van der Waals surface area contributed by atoms with Crippen LogP contribution in [0.25, 0.3) is 28.3 Å². The van der Waals surface area contributed by atoms with Crippen molar-refractivity contribution in [2.75, 3.05) is 0 Å². The van der Waals surface area contributed by atoms with E-state index < -0.39 is 0 Å². The molecule has 3 aromatic rings. The van der Waals surface area contributed by atoms with Crippen molar-refractivity contribution in [3.8, 4) is 11.1 Å². The third kappa shape index (κ3) is 5.72. The molecule has 2 fully saturated rings. The normalized spacial score (nSPS) is 24.9. The Kier molecular flexibility index (Phi) is 8.60. The highest BCUT2D eigenvalue weighted by Crippen LogP contribution is 2.52. The maximum atomic E-state index is 4.35. The van der Waals surface area contributed by atoms with Crippen molar-refractivity contribution >= 4 is 17.2 Å². The number of hydrogen-bond donors (Lipinski definition) is 0. The first-order valence-electron chi connectivity index (χ1n) is 18.3. The average molecular weight is 607 g/mol. The van der Waals surface area contributed by atoms with Crippen LogP contribution in [0.15, 0.2) is 78.9 Å². The lowest BCUT2D eigenvalue weighted by molar-refractivity contribution is 0.108. The van der Waals surface area contributed by atoms with Crippen LogP contribution in [0.5, 0.6) is 0 Å². The van der Waals surface area contributed by atoms with Crippen LogP contribution in [-0.2, 0) is 12.8 Å². The van der Waals surface area contributed by atoms with E-state index in [1.807, 2.05) is 0 Å². The average Bonchev–Trinajstić information content (AvgIpc) is 3.62. The van der Waals surface area contributed by atoms with Gasteiger partial charge in [0.15, 0.2) is 0 Å². The molecule has 0 radical (unpaired) electrons. The van der Waals surface area contributed by atoms with Crippen molar-refractivity contribution in [2.45, 2.75) is 105 Å². The Morgan fingerprint density at radius 3 is 2.24 bits per heavy atom. The quantitative estimate of drug-likeness (QED) is 0.213. The smallest absolute Gasteiger partial charge is 0.00275 e. The summed E-state index contributed by atoms with van der Waals surface area (Å²) in [5.41, 5.74) is 20.2. The molecule has 4 aliphatic rings. The largest absolute Gasteiger partial charge is 0.0998 e. The Hall–Kier alpha value is -3.38. The van der Waals surface area contributed by atoms with Crippen molar-refractivity contribution in [1.29, 1.82) is 0 Å².